The molecule has 0 fully saturated rings. The van der Waals surface area contributed by atoms with Gasteiger partial charge in [0.1, 0.15) is 5.76 Å². The molecule has 0 aromatic carbocycles. The van der Waals surface area contributed by atoms with Crippen LogP contribution in [0.4, 0.5) is 0 Å². The molecule has 1 rings (SSSR count). The summed E-state index contributed by atoms with van der Waals surface area (Å²) in [5.41, 5.74) is 1.67. The maximum atomic E-state index is 11.2. The maximum absolute atomic E-state index is 11.2. The summed E-state index contributed by atoms with van der Waals surface area (Å²) in [5.74, 6) is 0.565. The van der Waals surface area contributed by atoms with Crippen LogP contribution in [0.2, 0.25) is 0 Å². The standard InChI is InChI=1S/C11H16O2/c1-8(2)11(12)13-10-7-5-4-6-9(10)3/h1,4-7H2,2-3H3. The van der Waals surface area contributed by atoms with E-state index in [0.29, 0.717) is 5.57 Å². The number of carbonyl (C=O) groups excluding carboxylic acids is 1. The second kappa shape index (κ2) is 4.26. The summed E-state index contributed by atoms with van der Waals surface area (Å²) >= 11 is 0. The molecule has 0 heterocycles. The molecule has 2 heteroatoms. The Balaban J connectivity index is 2.62. The first kappa shape index (κ1) is 10.0. The summed E-state index contributed by atoms with van der Waals surface area (Å²) in [6.45, 7) is 7.24. The predicted molar refractivity (Wildman–Crippen MR) is 52.1 cm³/mol. The van der Waals surface area contributed by atoms with E-state index in [1.165, 1.54) is 12.0 Å². The molecular formula is C11H16O2. The van der Waals surface area contributed by atoms with Crippen molar-refractivity contribution in [2.24, 2.45) is 0 Å². The minimum atomic E-state index is -0.295. The third-order valence-corrected chi connectivity index (χ3v) is 2.25. The van der Waals surface area contributed by atoms with Gasteiger partial charge in [-0.15, -0.1) is 0 Å². The minimum absolute atomic E-state index is 0.295. The van der Waals surface area contributed by atoms with Gasteiger partial charge < -0.3 is 4.74 Å². The molecule has 0 unspecified atom stereocenters. The van der Waals surface area contributed by atoms with Gasteiger partial charge in [0.05, 0.1) is 0 Å². The quantitative estimate of drug-likeness (QED) is 0.482. The van der Waals surface area contributed by atoms with Crippen LogP contribution in [0.3, 0.4) is 0 Å². The topological polar surface area (TPSA) is 26.3 Å². The van der Waals surface area contributed by atoms with E-state index in [2.05, 4.69) is 6.58 Å². The summed E-state index contributed by atoms with van der Waals surface area (Å²) in [6.07, 6.45) is 4.28. The van der Waals surface area contributed by atoms with Crippen molar-refractivity contribution in [2.45, 2.75) is 39.5 Å². The molecule has 0 aromatic heterocycles. The van der Waals surface area contributed by atoms with E-state index in [-0.39, 0.29) is 5.97 Å². The van der Waals surface area contributed by atoms with Gasteiger partial charge in [-0.3, -0.25) is 0 Å². The van der Waals surface area contributed by atoms with E-state index in [4.69, 9.17) is 4.74 Å². The lowest BCUT2D eigenvalue weighted by molar-refractivity contribution is -0.135. The molecule has 13 heavy (non-hydrogen) atoms. The Bertz CT molecular complexity index is 261. The van der Waals surface area contributed by atoms with Gasteiger partial charge in [-0.05, 0) is 38.7 Å². The molecule has 0 saturated carbocycles. The molecule has 0 spiro atoms. The Morgan fingerprint density at radius 1 is 1.38 bits per heavy atom. The molecule has 1 aliphatic carbocycles. The van der Waals surface area contributed by atoms with Gasteiger partial charge in [-0.1, -0.05) is 6.58 Å². The summed E-state index contributed by atoms with van der Waals surface area (Å²) in [7, 11) is 0. The average molecular weight is 180 g/mol. The SMILES string of the molecule is C=C(C)C(=O)OC1=C(C)CCCC1. The van der Waals surface area contributed by atoms with Crippen LogP contribution in [0.25, 0.3) is 0 Å². The third-order valence-electron chi connectivity index (χ3n) is 2.25. The number of hydrogen-bond donors (Lipinski definition) is 0. The molecule has 0 bridgehead atoms. The largest absolute Gasteiger partial charge is 0.428 e. The van der Waals surface area contributed by atoms with Gasteiger partial charge >= 0.3 is 5.97 Å². The highest BCUT2D eigenvalue weighted by molar-refractivity contribution is 5.87. The molecular weight excluding hydrogens is 164 g/mol. The number of rotatable bonds is 2. The Hall–Kier alpha value is -1.05. The van der Waals surface area contributed by atoms with Gasteiger partial charge in [-0.2, -0.15) is 0 Å². The van der Waals surface area contributed by atoms with Crippen molar-refractivity contribution >= 4 is 5.97 Å². The van der Waals surface area contributed by atoms with Crippen LogP contribution >= 0.6 is 0 Å². The zero-order chi connectivity index (χ0) is 9.84. The fourth-order valence-corrected chi connectivity index (χ4v) is 1.37. The van der Waals surface area contributed by atoms with Crippen molar-refractivity contribution in [3.63, 3.8) is 0 Å². The van der Waals surface area contributed by atoms with Crippen LogP contribution in [-0.2, 0) is 9.53 Å². The Morgan fingerprint density at radius 2 is 2.00 bits per heavy atom. The maximum Gasteiger partial charge on any atom is 0.338 e. The second-order valence-corrected chi connectivity index (χ2v) is 3.58. The Kier molecular flexibility index (Phi) is 3.29. The smallest absolute Gasteiger partial charge is 0.338 e. The van der Waals surface area contributed by atoms with Crippen molar-refractivity contribution in [3.8, 4) is 0 Å². The van der Waals surface area contributed by atoms with E-state index < -0.39 is 0 Å². The van der Waals surface area contributed by atoms with E-state index in [1.807, 2.05) is 6.92 Å². The highest BCUT2D eigenvalue weighted by Crippen LogP contribution is 2.25. The lowest BCUT2D eigenvalue weighted by atomic mass is 9.99. The van der Waals surface area contributed by atoms with E-state index in [0.717, 1.165) is 25.0 Å². The molecule has 0 N–H and O–H groups in total. The highest BCUT2D eigenvalue weighted by Gasteiger charge is 2.14. The molecule has 0 radical (unpaired) electrons. The van der Waals surface area contributed by atoms with Gasteiger partial charge in [0.15, 0.2) is 0 Å². The fraction of sp³-hybridized carbons (Fsp3) is 0.545. The number of hydrogen-bond acceptors (Lipinski definition) is 2. The number of ether oxygens (including phenoxy) is 1. The summed E-state index contributed by atoms with van der Waals surface area (Å²) in [6, 6.07) is 0. The first-order chi connectivity index (χ1) is 6.11. The van der Waals surface area contributed by atoms with Crippen LogP contribution in [0.1, 0.15) is 39.5 Å². The molecule has 0 saturated heterocycles. The molecule has 2 nitrogen and oxygen atoms in total. The molecule has 0 amide bonds. The van der Waals surface area contributed by atoms with Crippen molar-refractivity contribution in [1.29, 1.82) is 0 Å². The van der Waals surface area contributed by atoms with Gasteiger partial charge in [0, 0.05) is 12.0 Å². The predicted octanol–water partition coefficient (Wildman–Crippen LogP) is 2.95. The third kappa shape index (κ3) is 2.72. The zero-order valence-electron chi connectivity index (χ0n) is 8.35. The van der Waals surface area contributed by atoms with Crippen LogP contribution in [0.15, 0.2) is 23.5 Å². The van der Waals surface area contributed by atoms with Crippen LogP contribution in [-0.4, -0.2) is 5.97 Å². The monoisotopic (exact) mass is 180 g/mol. The van der Waals surface area contributed by atoms with Gasteiger partial charge in [0.2, 0.25) is 0 Å². The van der Waals surface area contributed by atoms with Crippen LogP contribution in [0.5, 0.6) is 0 Å². The number of allylic oxidation sites excluding steroid dienone is 2. The van der Waals surface area contributed by atoms with Crippen molar-refractivity contribution in [2.75, 3.05) is 0 Å². The fourth-order valence-electron chi connectivity index (χ4n) is 1.37. The van der Waals surface area contributed by atoms with E-state index >= 15 is 0 Å². The normalized spacial score (nSPS) is 17.1. The first-order valence-corrected chi connectivity index (χ1v) is 4.67. The van der Waals surface area contributed by atoms with Gasteiger partial charge in [-0.25, -0.2) is 4.79 Å². The highest BCUT2D eigenvalue weighted by atomic mass is 16.5. The molecule has 0 aliphatic heterocycles. The number of carbonyl (C=O) groups is 1. The Labute approximate surface area is 79.3 Å². The first-order valence-electron chi connectivity index (χ1n) is 4.67. The van der Waals surface area contributed by atoms with Crippen LogP contribution < -0.4 is 0 Å². The number of esters is 1. The minimum Gasteiger partial charge on any atom is -0.428 e. The second-order valence-electron chi connectivity index (χ2n) is 3.58. The lowest BCUT2D eigenvalue weighted by Gasteiger charge is -2.16. The zero-order valence-corrected chi connectivity index (χ0v) is 8.35. The summed E-state index contributed by atoms with van der Waals surface area (Å²) in [5, 5.41) is 0. The van der Waals surface area contributed by atoms with E-state index in [1.54, 1.807) is 6.92 Å². The average Bonchev–Trinajstić information content (AvgIpc) is 2.08. The lowest BCUT2D eigenvalue weighted by Crippen LogP contribution is -2.08. The van der Waals surface area contributed by atoms with Crippen molar-refractivity contribution in [1.82, 2.24) is 0 Å². The van der Waals surface area contributed by atoms with E-state index in [9.17, 15) is 4.79 Å². The summed E-state index contributed by atoms with van der Waals surface area (Å²) < 4.78 is 5.21. The molecule has 0 aromatic rings. The van der Waals surface area contributed by atoms with Crippen molar-refractivity contribution in [3.05, 3.63) is 23.5 Å². The Morgan fingerprint density at radius 3 is 2.54 bits per heavy atom. The van der Waals surface area contributed by atoms with Crippen molar-refractivity contribution < 1.29 is 9.53 Å². The van der Waals surface area contributed by atoms with Crippen LogP contribution in [0, 0.1) is 0 Å². The molecule has 72 valence electrons. The summed E-state index contributed by atoms with van der Waals surface area (Å²) in [4.78, 5) is 11.2. The molecule has 1 aliphatic rings. The molecule has 0 atom stereocenters. The van der Waals surface area contributed by atoms with Gasteiger partial charge in [0.25, 0.3) is 0 Å².